The molecule has 0 radical (unpaired) electrons. The summed E-state index contributed by atoms with van der Waals surface area (Å²) in [6, 6.07) is 9.03. The largest absolute Gasteiger partial charge is 0.365 e. The zero-order valence-corrected chi connectivity index (χ0v) is 19.4. The van der Waals surface area contributed by atoms with E-state index in [1.807, 2.05) is 52.0 Å². The fourth-order valence-corrected chi connectivity index (χ4v) is 6.40. The van der Waals surface area contributed by atoms with Gasteiger partial charge in [0.2, 0.25) is 11.8 Å². The van der Waals surface area contributed by atoms with Crippen molar-refractivity contribution >= 4 is 17.5 Å². The third-order valence-electron chi connectivity index (χ3n) is 7.56. The third-order valence-corrected chi connectivity index (χ3v) is 7.56. The number of imide groups is 1. The first-order valence-corrected chi connectivity index (χ1v) is 11.8. The lowest BCUT2D eigenvalue weighted by atomic mass is 9.77. The molecular formula is C25H27NO8. The van der Waals surface area contributed by atoms with Crippen molar-refractivity contribution in [2.45, 2.75) is 82.2 Å². The number of para-hydroxylation sites is 1. The van der Waals surface area contributed by atoms with Crippen LogP contribution in [0.5, 0.6) is 0 Å². The summed E-state index contributed by atoms with van der Waals surface area (Å²) in [5.74, 6) is -3.23. The van der Waals surface area contributed by atoms with Gasteiger partial charge in [0.15, 0.2) is 17.9 Å². The number of fused-ring (bicyclic) bond motifs is 8. The van der Waals surface area contributed by atoms with Crippen LogP contribution in [0.3, 0.4) is 0 Å². The first-order valence-electron chi connectivity index (χ1n) is 11.8. The molecule has 6 heterocycles. The molecule has 0 unspecified atom stereocenters. The molecule has 0 aliphatic carbocycles. The molecule has 6 aliphatic heterocycles. The van der Waals surface area contributed by atoms with Gasteiger partial charge in [-0.1, -0.05) is 24.3 Å². The lowest BCUT2D eigenvalue weighted by Gasteiger charge is -2.39. The van der Waals surface area contributed by atoms with Gasteiger partial charge in [0.05, 0.1) is 29.7 Å². The number of benzene rings is 1. The Morgan fingerprint density at radius 1 is 0.735 bits per heavy atom. The van der Waals surface area contributed by atoms with Crippen molar-refractivity contribution in [3.63, 3.8) is 0 Å². The number of carbonyl (C=O) groups excluding carboxylic acids is 2. The highest BCUT2D eigenvalue weighted by Gasteiger charge is 2.67. The van der Waals surface area contributed by atoms with E-state index in [0.717, 1.165) is 5.57 Å². The molecule has 0 aromatic heterocycles. The predicted octanol–water partition coefficient (Wildman–Crippen LogP) is 1.90. The van der Waals surface area contributed by atoms with Crippen molar-refractivity contribution in [3.8, 4) is 0 Å². The van der Waals surface area contributed by atoms with Crippen molar-refractivity contribution in [1.29, 1.82) is 0 Å². The molecule has 9 heteroatoms. The summed E-state index contributed by atoms with van der Waals surface area (Å²) in [5, 5.41) is 0. The van der Waals surface area contributed by atoms with Crippen molar-refractivity contribution < 1.29 is 38.0 Å². The summed E-state index contributed by atoms with van der Waals surface area (Å²) in [7, 11) is 0. The number of hydrogen-bond donors (Lipinski definition) is 0. The van der Waals surface area contributed by atoms with E-state index in [9.17, 15) is 9.59 Å². The Kier molecular flexibility index (Phi) is 4.20. The van der Waals surface area contributed by atoms with Crippen molar-refractivity contribution in [3.05, 3.63) is 42.0 Å². The van der Waals surface area contributed by atoms with Gasteiger partial charge < -0.3 is 28.4 Å². The molecular weight excluding hydrogens is 442 g/mol. The second kappa shape index (κ2) is 6.75. The summed E-state index contributed by atoms with van der Waals surface area (Å²) >= 11 is 0. The molecule has 2 bridgehead atoms. The molecule has 0 N–H and O–H groups in total. The summed E-state index contributed by atoms with van der Waals surface area (Å²) in [6.45, 7) is 7.39. The molecule has 34 heavy (non-hydrogen) atoms. The van der Waals surface area contributed by atoms with E-state index in [-0.39, 0.29) is 11.8 Å². The average Bonchev–Trinajstić information content (AvgIpc) is 3.54. The number of carbonyl (C=O) groups is 2. The predicted molar refractivity (Wildman–Crippen MR) is 115 cm³/mol. The molecule has 180 valence electrons. The molecule has 9 atom stereocenters. The topological polar surface area (TPSA) is 92.8 Å². The molecule has 7 rings (SSSR count). The number of amides is 2. The van der Waals surface area contributed by atoms with E-state index in [1.54, 1.807) is 12.1 Å². The van der Waals surface area contributed by atoms with Gasteiger partial charge in [0.1, 0.15) is 24.4 Å². The summed E-state index contributed by atoms with van der Waals surface area (Å²) in [4.78, 5) is 28.0. The Balaban J connectivity index is 1.22. The maximum absolute atomic E-state index is 13.5. The molecule has 5 saturated heterocycles. The smallest absolute Gasteiger partial charge is 0.240 e. The molecule has 2 amide bonds. The van der Waals surface area contributed by atoms with Crippen LogP contribution in [-0.2, 0) is 38.0 Å². The summed E-state index contributed by atoms with van der Waals surface area (Å²) in [6.07, 6.45) is -1.60. The highest BCUT2D eigenvalue weighted by atomic mass is 16.9. The van der Waals surface area contributed by atoms with E-state index in [0.29, 0.717) is 5.69 Å². The van der Waals surface area contributed by atoms with Gasteiger partial charge in [0.25, 0.3) is 0 Å². The number of rotatable bonds is 2. The molecule has 9 nitrogen and oxygen atoms in total. The van der Waals surface area contributed by atoms with Crippen LogP contribution in [0, 0.1) is 11.8 Å². The minimum absolute atomic E-state index is 0.220. The molecule has 6 aliphatic rings. The first-order chi connectivity index (χ1) is 16.1. The van der Waals surface area contributed by atoms with Crippen molar-refractivity contribution in [2.75, 3.05) is 4.90 Å². The van der Waals surface area contributed by atoms with Gasteiger partial charge in [-0.3, -0.25) is 9.59 Å². The molecule has 5 fully saturated rings. The van der Waals surface area contributed by atoms with E-state index < -0.39 is 66.3 Å². The Morgan fingerprint density at radius 3 is 2.15 bits per heavy atom. The second-order valence-electron chi connectivity index (χ2n) is 10.7. The van der Waals surface area contributed by atoms with Crippen LogP contribution >= 0.6 is 0 Å². The van der Waals surface area contributed by atoms with Crippen LogP contribution in [0.15, 0.2) is 42.0 Å². The van der Waals surface area contributed by atoms with Gasteiger partial charge in [-0.05, 0) is 45.4 Å². The van der Waals surface area contributed by atoms with Gasteiger partial charge in [-0.2, -0.15) is 0 Å². The first kappa shape index (κ1) is 21.2. The van der Waals surface area contributed by atoms with Crippen LogP contribution in [-0.4, -0.2) is 66.3 Å². The van der Waals surface area contributed by atoms with Gasteiger partial charge in [-0.25, -0.2) is 4.90 Å². The number of ether oxygens (including phenoxy) is 6. The summed E-state index contributed by atoms with van der Waals surface area (Å²) < 4.78 is 37.2. The lowest BCUT2D eigenvalue weighted by Crippen LogP contribution is -2.56. The standard InChI is InChI=1S/C25H27NO8/c1-24(2)31-18-17(30-23-20(19(18)32-24)33-25(3,4)34-23)12-10-13-14-15(16(12)29-13)22(28)26(21(14)27)11-8-6-5-7-9-11/h5-10,13-20,23H,1-4H3/t13-,14-,15-,16+,17-,18+,19+,20-,23-/m1/s1. The van der Waals surface area contributed by atoms with Crippen molar-refractivity contribution in [2.24, 2.45) is 11.8 Å². The van der Waals surface area contributed by atoms with Gasteiger partial charge in [0, 0.05) is 0 Å². The normalized spacial score (nSPS) is 45.4. The Bertz CT molecular complexity index is 1100. The highest BCUT2D eigenvalue weighted by molar-refractivity contribution is 6.23. The van der Waals surface area contributed by atoms with Crippen LogP contribution < -0.4 is 4.90 Å². The van der Waals surface area contributed by atoms with Crippen LogP contribution in [0.25, 0.3) is 0 Å². The number of anilines is 1. The molecule has 1 aromatic carbocycles. The minimum Gasteiger partial charge on any atom is -0.365 e. The number of nitrogens with zero attached hydrogens (tertiary/aromatic N) is 1. The SMILES string of the molecule is CC1(C)O[C@H]2[C@@H](O1)[C@@H](C1=C[C@H]3O[C@@H]1[C@@H]1C(=O)N(c4ccccc4)C(=O)[C@@H]13)O[C@@H]1OC(C)(C)O[C@@H]12. The fraction of sp³-hybridized carbons (Fsp3) is 0.600. The third kappa shape index (κ3) is 2.82. The second-order valence-corrected chi connectivity index (χ2v) is 10.7. The van der Waals surface area contributed by atoms with Crippen LogP contribution in [0.1, 0.15) is 27.7 Å². The van der Waals surface area contributed by atoms with E-state index in [2.05, 4.69) is 0 Å². The van der Waals surface area contributed by atoms with E-state index >= 15 is 0 Å². The van der Waals surface area contributed by atoms with E-state index in [1.165, 1.54) is 4.90 Å². The number of hydrogen-bond acceptors (Lipinski definition) is 8. The quantitative estimate of drug-likeness (QED) is 0.479. The van der Waals surface area contributed by atoms with Crippen LogP contribution in [0.4, 0.5) is 5.69 Å². The Morgan fingerprint density at radius 2 is 1.38 bits per heavy atom. The zero-order chi connectivity index (χ0) is 23.6. The fourth-order valence-electron chi connectivity index (χ4n) is 6.40. The molecule has 0 saturated carbocycles. The summed E-state index contributed by atoms with van der Waals surface area (Å²) in [5.41, 5.74) is 1.39. The zero-order valence-electron chi connectivity index (χ0n) is 19.4. The van der Waals surface area contributed by atoms with E-state index in [4.69, 9.17) is 28.4 Å². The van der Waals surface area contributed by atoms with Crippen molar-refractivity contribution in [1.82, 2.24) is 0 Å². The molecule has 1 aromatic rings. The average molecular weight is 469 g/mol. The van der Waals surface area contributed by atoms with Gasteiger partial charge >= 0.3 is 0 Å². The van der Waals surface area contributed by atoms with Crippen LogP contribution in [0.2, 0.25) is 0 Å². The minimum atomic E-state index is -0.827. The maximum Gasteiger partial charge on any atom is 0.240 e. The maximum atomic E-state index is 13.5. The van der Waals surface area contributed by atoms with Gasteiger partial charge in [-0.15, -0.1) is 0 Å². The highest BCUT2D eigenvalue weighted by Crippen LogP contribution is 2.53. The Hall–Kier alpha value is -2.14. The monoisotopic (exact) mass is 469 g/mol. The lowest BCUT2D eigenvalue weighted by molar-refractivity contribution is -0.226. The Labute approximate surface area is 196 Å². The molecule has 0 spiro atoms.